The second kappa shape index (κ2) is 22.8. The van der Waals surface area contributed by atoms with Gasteiger partial charge >= 0.3 is 17.8 Å². The molecule has 2 bridgehead atoms. The highest BCUT2D eigenvalue weighted by Gasteiger charge is 2.38. The number of rotatable bonds is 11. The molecule has 0 radical (unpaired) electrons. The number of carbonyl (C=O) groups excluding carboxylic acids is 3. The van der Waals surface area contributed by atoms with Crippen molar-refractivity contribution in [3.63, 3.8) is 0 Å². The molecule has 7 aliphatic heterocycles. The van der Waals surface area contributed by atoms with Crippen LogP contribution in [0.5, 0.6) is 6.01 Å². The molecule has 80 heavy (non-hydrogen) atoms. The quantitative estimate of drug-likeness (QED) is 0.102. The summed E-state index contributed by atoms with van der Waals surface area (Å²) in [4.78, 5) is 72.3. The van der Waals surface area contributed by atoms with E-state index in [4.69, 9.17) is 20.6 Å². The Morgan fingerprint density at radius 1 is 0.863 bits per heavy atom. The van der Waals surface area contributed by atoms with Crippen LogP contribution in [0.1, 0.15) is 94.2 Å². The Morgan fingerprint density at radius 3 is 2.42 bits per heavy atom. The minimum atomic E-state index is -0.674. The smallest absolute Gasteiger partial charge is 0.409 e. The molecule has 13 rings (SSSR count). The zero-order chi connectivity index (χ0) is 55.2. The molecule has 10 heterocycles. The van der Waals surface area contributed by atoms with E-state index in [1.54, 1.807) is 42.1 Å². The molecule has 2 N–H and O–H groups in total. The van der Waals surface area contributed by atoms with Crippen LogP contribution in [0.15, 0.2) is 59.5 Å². The molecule has 18 nitrogen and oxygen atoms in total. The zero-order valence-corrected chi connectivity index (χ0v) is 45.5. The number of aryl methyl sites for hydroxylation is 1. The second-order valence-corrected chi connectivity index (χ2v) is 22.8. The number of imide groups is 1. The van der Waals surface area contributed by atoms with Crippen LogP contribution in [-0.4, -0.2) is 153 Å². The van der Waals surface area contributed by atoms with Crippen molar-refractivity contribution in [1.82, 2.24) is 49.4 Å². The van der Waals surface area contributed by atoms with E-state index >= 15 is 4.39 Å². The molecule has 7 fully saturated rings. The summed E-state index contributed by atoms with van der Waals surface area (Å²) < 4.78 is 51.1. The number of hydrogen-bond acceptors (Lipinski definition) is 14. The van der Waals surface area contributed by atoms with E-state index in [1.807, 2.05) is 23.1 Å². The molecule has 7 saturated heterocycles. The number of ether oxygens (including phenoxy) is 3. The highest BCUT2D eigenvalue weighted by molar-refractivity contribution is 6.02. The number of likely N-dealkylation sites (tertiary alicyclic amines) is 2. The number of terminal acetylenes is 1. The summed E-state index contributed by atoms with van der Waals surface area (Å²) in [6, 6.07) is 15.5. The molecule has 3 aromatic heterocycles. The molecule has 0 aliphatic carbocycles. The minimum Gasteiger partial charge on any atom is -0.467 e. The number of benzene rings is 3. The lowest BCUT2D eigenvalue weighted by molar-refractivity contribution is -0.135. The van der Waals surface area contributed by atoms with Gasteiger partial charge in [-0.1, -0.05) is 36.3 Å². The lowest BCUT2D eigenvalue weighted by Gasteiger charge is -2.35. The van der Waals surface area contributed by atoms with Crippen molar-refractivity contribution in [2.75, 3.05) is 71.0 Å². The molecule has 7 aliphatic rings. The molecular formula is C60H69F2N11O7. The van der Waals surface area contributed by atoms with Crippen LogP contribution in [0.4, 0.5) is 19.4 Å². The summed E-state index contributed by atoms with van der Waals surface area (Å²) in [5.41, 5.74) is 3.01. The summed E-state index contributed by atoms with van der Waals surface area (Å²) in [5.74, 6) is 1.61. The van der Waals surface area contributed by atoms with Crippen molar-refractivity contribution < 1.29 is 37.4 Å². The topological polar surface area (TPSA) is 182 Å². The first kappa shape index (κ1) is 53.6. The summed E-state index contributed by atoms with van der Waals surface area (Å²) in [5, 5.41) is 7.60. The Bertz CT molecular complexity index is 3440. The molecule has 0 spiro atoms. The van der Waals surface area contributed by atoms with Crippen molar-refractivity contribution in [3.05, 3.63) is 88.0 Å². The van der Waals surface area contributed by atoms with Crippen molar-refractivity contribution in [2.24, 2.45) is 13.0 Å². The SMILES string of the molecule is C#Cc1c(F)ccc2cccc(-c3ncc4c(N5CC6CCC(C5)N6)nc(OC)nc4c3F)c12.Cn1c(=O)n(C2CCC(=O)NC2=O)c2ccc(CN3CCC(OCC4CCN(C(=O)OCC5CCC6CCCN65)CC4)CC3)cc21. The van der Waals surface area contributed by atoms with Crippen LogP contribution in [0.3, 0.4) is 0 Å². The van der Waals surface area contributed by atoms with Crippen molar-refractivity contribution >= 4 is 56.4 Å². The zero-order valence-electron chi connectivity index (χ0n) is 45.5. The average Bonchev–Trinajstić information content (AvgIpc) is 4.26. The molecule has 3 amide bonds. The van der Waals surface area contributed by atoms with E-state index in [9.17, 15) is 23.6 Å². The number of fused-ring (bicyclic) bond motifs is 6. The lowest BCUT2D eigenvalue weighted by Crippen LogP contribution is -2.51. The number of pyridine rings is 1. The van der Waals surface area contributed by atoms with Gasteiger partial charge in [0.2, 0.25) is 11.8 Å². The normalized spacial score (nSPS) is 23.8. The fourth-order valence-electron chi connectivity index (χ4n) is 13.6. The highest BCUT2D eigenvalue weighted by atomic mass is 19.1. The predicted molar refractivity (Wildman–Crippen MR) is 298 cm³/mol. The summed E-state index contributed by atoms with van der Waals surface area (Å²) >= 11 is 0. The number of piperazine rings is 1. The van der Waals surface area contributed by atoms with Gasteiger partial charge < -0.3 is 29.3 Å². The fraction of sp³-hybridized carbons (Fsp3) is 0.517. The molecule has 5 unspecified atom stereocenters. The van der Waals surface area contributed by atoms with Crippen molar-refractivity contribution in [1.29, 1.82) is 0 Å². The van der Waals surface area contributed by atoms with Gasteiger partial charge in [-0.05, 0) is 112 Å². The Morgan fingerprint density at radius 2 is 1.66 bits per heavy atom. The number of nitrogens with one attached hydrogen (secondary N) is 2. The van der Waals surface area contributed by atoms with E-state index < -0.39 is 23.6 Å². The number of imidazole rings is 1. The monoisotopic (exact) mass is 1090 g/mol. The van der Waals surface area contributed by atoms with Crippen molar-refractivity contribution in [2.45, 2.75) is 120 Å². The van der Waals surface area contributed by atoms with Gasteiger partial charge in [-0.2, -0.15) is 9.97 Å². The molecule has 420 valence electrons. The van der Waals surface area contributed by atoms with Gasteiger partial charge in [-0.15, -0.1) is 6.42 Å². The fourth-order valence-corrected chi connectivity index (χ4v) is 13.6. The molecule has 3 aromatic carbocycles. The maximum atomic E-state index is 16.1. The molecule has 0 saturated carbocycles. The van der Waals surface area contributed by atoms with E-state index in [0.29, 0.717) is 76.2 Å². The van der Waals surface area contributed by atoms with Gasteiger partial charge in [0.25, 0.3) is 0 Å². The third-order valence-electron chi connectivity index (χ3n) is 17.9. The lowest BCUT2D eigenvalue weighted by atomic mass is 9.96. The van der Waals surface area contributed by atoms with Crippen LogP contribution >= 0.6 is 0 Å². The van der Waals surface area contributed by atoms with Crippen LogP contribution in [0.2, 0.25) is 0 Å². The Kier molecular flexibility index (Phi) is 15.3. The number of piperidine rings is 3. The standard InChI is InChI=1S/C34H48N6O6.C26H21F2N5O/c1-36-30-19-24(4-7-28(30)40(33(36)43)29-8-9-31(41)35-32(29)42)20-37-15-12-27(13-16-37)45-21-23-10-17-38(18-11-23)34(44)46-22-26-6-5-25-3-2-14-39(25)26;1-3-17-20(27)10-7-14-5-4-6-18(21(14)17)23-22(28)24-19(11-29-23)25(32-26(31-24)34-2)33-12-15-8-9-16(13-33)30-15/h4,7,19,23,25-27,29H,2-3,5-6,8-18,20-22H2,1H3,(H,35,41,42);1,4-7,10-11,15-16,30H,8-9,12-13H2,2H3. The maximum absolute atomic E-state index is 16.1. The first-order valence-corrected chi connectivity index (χ1v) is 28.6. The summed E-state index contributed by atoms with van der Waals surface area (Å²) in [7, 11) is 3.19. The van der Waals surface area contributed by atoms with Gasteiger partial charge in [0.15, 0.2) is 5.82 Å². The summed E-state index contributed by atoms with van der Waals surface area (Å²) in [6.07, 6.45) is 18.9. The minimum absolute atomic E-state index is 0.0484. The number of halogens is 2. The van der Waals surface area contributed by atoms with Gasteiger partial charge in [0, 0.05) is 107 Å². The predicted octanol–water partition coefficient (Wildman–Crippen LogP) is 6.83. The number of methoxy groups -OCH3 is 1. The van der Waals surface area contributed by atoms with E-state index in [-0.39, 0.29) is 53.0 Å². The number of nitrogens with zero attached hydrogens (tertiary/aromatic N) is 9. The Hall–Kier alpha value is -7.05. The van der Waals surface area contributed by atoms with Crippen LogP contribution in [-0.2, 0) is 32.7 Å². The van der Waals surface area contributed by atoms with E-state index in [0.717, 1.165) is 115 Å². The molecule has 6 aromatic rings. The largest absolute Gasteiger partial charge is 0.467 e. The first-order valence-electron chi connectivity index (χ1n) is 28.6. The number of aromatic nitrogens is 5. The van der Waals surface area contributed by atoms with E-state index in [2.05, 4.69) is 46.2 Å². The maximum Gasteiger partial charge on any atom is 0.409 e. The number of anilines is 1. The highest BCUT2D eigenvalue weighted by Crippen LogP contribution is 2.38. The van der Waals surface area contributed by atoms with Crippen LogP contribution in [0, 0.1) is 29.9 Å². The van der Waals surface area contributed by atoms with Gasteiger partial charge in [0.05, 0.1) is 35.2 Å². The number of carbonyl (C=O) groups is 3. The second-order valence-electron chi connectivity index (χ2n) is 22.8. The van der Waals surface area contributed by atoms with Gasteiger partial charge in [-0.3, -0.25) is 38.8 Å². The Labute approximate surface area is 463 Å². The third kappa shape index (κ3) is 10.6. The Balaban J connectivity index is 0.000000166. The summed E-state index contributed by atoms with van der Waals surface area (Å²) in [6.45, 7) is 8.14. The van der Waals surface area contributed by atoms with Gasteiger partial charge in [-0.25, -0.2) is 18.4 Å². The number of hydrogen-bond donors (Lipinski definition) is 2. The first-order chi connectivity index (χ1) is 38.9. The van der Waals surface area contributed by atoms with Gasteiger partial charge in [0.1, 0.15) is 35.5 Å². The van der Waals surface area contributed by atoms with Crippen LogP contribution < -0.4 is 26.0 Å². The molecule has 20 heteroatoms. The number of amides is 3. The van der Waals surface area contributed by atoms with E-state index in [1.165, 1.54) is 37.0 Å². The van der Waals surface area contributed by atoms with Crippen LogP contribution in [0.25, 0.3) is 44.0 Å². The van der Waals surface area contributed by atoms with Crippen molar-refractivity contribution in [3.8, 4) is 29.6 Å². The molecular weight excluding hydrogens is 1020 g/mol. The third-order valence-corrected chi connectivity index (χ3v) is 17.9. The molecule has 5 atom stereocenters. The average molecular weight is 1090 g/mol.